The zero-order valence-corrected chi connectivity index (χ0v) is 9.98. The smallest absolute Gasteiger partial charge is 0.167 e. The van der Waals surface area contributed by atoms with Gasteiger partial charge in [0.15, 0.2) is 5.78 Å². The van der Waals surface area contributed by atoms with Crippen LogP contribution in [0.5, 0.6) is 0 Å². The average molecular weight is 244 g/mol. The van der Waals surface area contributed by atoms with Crippen molar-refractivity contribution in [2.24, 2.45) is 0 Å². The molecule has 0 atom stereocenters. The van der Waals surface area contributed by atoms with Gasteiger partial charge in [-0.25, -0.2) is 4.39 Å². The monoisotopic (exact) mass is 244 g/mol. The van der Waals surface area contributed by atoms with Crippen molar-refractivity contribution in [2.75, 3.05) is 5.73 Å². The first-order valence-corrected chi connectivity index (χ1v) is 5.55. The lowest BCUT2D eigenvalue weighted by atomic mass is 10.0. The molecule has 1 aromatic heterocycles. The fraction of sp³-hybridized carbons (Fsp3) is 0.143. The Morgan fingerprint density at radius 3 is 2.83 bits per heavy atom. The number of Topliss-reactive ketones (excluding diaryl/α,β-unsaturated/α-hetero) is 1. The fourth-order valence-corrected chi connectivity index (χ4v) is 1.76. The molecule has 0 bridgehead atoms. The van der Waals surface area contributed by atoms with Gasteiger partial charge in [-0.15, -0.1) is 0 Å². The molecule has 0 spiro atoms. The van der Waals surface area contributed by atoms with Crippen LogP contribution in [0.15, 0.2) is 36.7 Å². The van der Waals surface area contributed by atoms with E-state index in [1.807, 2.05) is 0 Å². The molecule has 2 rings (SSSR count). The van der Waals surface area contributed by atoms with Gasteiger partial charge in [-0.2, -0.15) is 0 Å². The van der Waals surface area contributed by atoms with Gasteiger partial charge in [0.1, 0.15) is 5.82 Å². The Kier molecular flexibility index (Phi) is 3.37. The van der Waals surface area contributed by atoms with Crippen LogP contribution in [-0.2, 0) is 6.42 Å². The predicted molar refractivity (Wildman–Crippen MR) is 67.8 cm³/mol. The van der Waals surface area contributed by atoms with Crippen LogP contribution in [0.25, 0.3) is 0 Å². The van der Waals surface area contributed by atoms with Crippen molar-refractivity contribution < 1.29 is 9.18 Å². The van der Waals surface area contributed by atoms with Crippen LogP contribution >= 0.6 is 0 Å². The number of hydrogen-bond acceptors (Lipinski definition) is 3. The second-order valence-corrected chi connectivity index (χ2v) is 4.19. The van der Waals surface area contributed by atoms with Gasteiger partial charge < -0.3 is 5.73 Å². The summed E-state index contributed by atoms with van der Waals surface area (Å²) in [6.07, 6.45) is 3.25. The number of benzene rings is 1. The molecule has 0 radical (unpaired) electrons. The van der Waals surface area contributed by atoms with Crippen molar-refractivity contribution in [3.8, 4) is 0 Å². The number of hydrogen-bond donors (Lipinski definition) is 1. The van der Waals surface area contributed by atoms with Gasteiger partial charge >= 0.3 is 0 Å². The molecular weight excluding hydrogens is 231 g/mol. The molecule has 0 unspecified atom stereocenters. The third-order valence-corrected chi connectivity index (χ3v) is 2.66. The summed E-state index contributed by atoms with van der Waals surface area (Å²) in [5.74, 6) is -0.574. The number of halogens is 1. The van der Waals surface area contributed by atoms with Crippen molar-refractivity contribution in [3.05, 3.63) is 59.2 Å². The third kappa shape index (κ3) is 2.71. The lowest BCUT2D eigenvalue weighted by molar-refractivity contribution is 0.0992. The normalized spacial score (nSPS) is 10.3. The van der Waals surface area contributed by atoms with Crippen LogP contribution in [0.1, 0.15) is 21.5 Å². The van der Waals surface area contributed by atoms with Gasteiger partial charge in [0.25, 0.3) is 0 Å². The number of nitrogens with two attached hydrogens (primary N) is 1. The van der Waals surface area contributed by atoms with Crippen LogP contribution < -0.4 is 5.73 Å². The number of pyridine rings is 1. The van der Waals surface area contributed by atoms with Gasteiger partial charge in [0, 0.05) is 35.6 Å². The van der Waals surface area contributed by atoms with Gasteiger partial charge in [-0.05, 0) is 36.8 Å². The van der Waals surface area contributed by atoms with Crippen molar-refractivity contribution in [2.45, 2.75) is 13.3 Å². The highest BCUT2D eigenvalue weighted by molar-refractivity contribution is 5.98. The number of nitrogens with zero attached hydrogens (tertiary/aromatic N) is 1. The minimum Gasteiger partial charge on any atom is -0.398 e. The maximum Gasteiger partial charge on any atom is 0.167 e. The zero-order chi connectivity index (χ0) is 13.1. The SMILES string of the molecule is Cc1cc(F)cc(C(=O)Cc2cnccc2N)c1. The van der Waals surface area contributed by atoms with Crippen molar-refractivity contribution in [3.63, 3.8) is 0 Å². The van der Waals surface area contributed by atoms with E-state index in [2.05, 4.69) is 4.98 Å². The molecule has 2 N–H and O–H groups in total. The van der Waals surface area contributed by atoms with E-state index in [1.54, 1.807) is 31.5 Å². The molecule has 0 saturated carbocycles. The minimum atomic E-state index is -0.405. The Hall–Kier alpha value is -2.23. The summed E-state index contributed by atoms with van der Waals surface area (Å²) in [6, 6.07) is 5.93. The van der Waals surface area contributed by atoms with Gasteiger partial charge in [0.2, 0.25) is 0 Å². The second kappa shape index (κ2) is 4.96. The maximum absolute atomic E-state index is 13.2. The number of anilines is 1. The van der Waals surface area contributed by atoms with E-state index in [4.69, 9.17) is 5.73 Å². The van der Waals surface area contributed by atoms with Crippen molar-refractivity contribution in [1.82, 2.24) is 4.98 Å². The second-order valence-electron chi connectivity index (χ2n) is 4.19. The lowest BCUT2D eigenvalue weighted by Crippen LogP contribution is -2.07. The molecule has 4 heteroatoms. The van der Waals surface area contributed by atoms with E-state index >= 15 is 0 Å². The Bertz CT molecular complexity index is 576. The number of aromatic nitrogens is 1. The maximum atomic E-state index is 13.2. The van der Waals surface area contributed by atoms with Crippen LogP contribution in [-0.4, -0.2) is 10.8 Å². The largest absolute Gasteiger partial charge is 0.398 e. The van der Waals surface area contributed by atoms with Crippen LogP contribution in [0.3, 0.4) is 0 Å². The molecule has 0 aliphatic carbocycles. The number of nitrogen functional groups attached to an aromatic ring is 1. The molecule has 0 amide bonds. The van der Waals surface area contributed by atoms with E-state index in [1.165, 1.54) is 12.1 Å². The van der Waals surface area contributed by atoms with E-state index in [-0.39, 0.29) is 12.2 Å². The third-order valence-electron chi connectivity index (χ3n) is 2.66. The summed E-state index contributed by atoms with van der Waals surface area (Å²) in [4.78, 5) is 15.9. The summed E-state index contributed by atoms with van der Waals surface area (Å²) in [7, 11) is 0. The highest BCUT2D eigenvalue weighted by Gasteiger charge is 2.10. The molecular formula is C14H13FN2O. The molecule has 18 heavy (non-hydrogen) atoms. The molecule has 1 heterocycles. The first kappa shape index (κ1) is 12.2. The number of aryl methyl sites for hydroxylation is 1. The summed E-state index contributed by atoms with van der Waals surface area (Å²) in [5, 5.41) is 0. The predicted octanol–water partition coefficient (Wildman–Crippen LogP) is 2.54. The topological polar surface area (TPSA) is 56.0 Å². The van der Waals surface area contributed by atoms with E-state index in [9.17, 15) is 9.18 Å². The highest BCUT2D eigenvalue weighted by Crippen LogP contribution is 2.15. The molecule has 1 aromatic carbocycles. The standard InChI is InChI=1S/C14H13FN2O/c1-9-4-10(6-12(15)5-9)14(18)7-11-8-17-3-2-13(11)16/h2-6,8H,7H2,1H3,(H2,16,17). The average Bonchev–Trinajstić information content (AvgIpc) is 2.31. The molecule has 0 fully saturated rings. The Balaban J connectivity index is 2.25. The molecule has 0 aliphatic heterocycles. The molecule has 3 nitrogen and oxygen atoms in total. The first-order valence-electron chi connectivity index (χ1n) is 5.55. The Morgan fingerprint density at radius 1 is 1.39 bits per heavy atom. The van der Waals surface area contributed by atoms with Crippen LogP contribution in [0.2, 0.25) is 0 Å². The van der Waals surface area contributed by atoms with E-state index < -0.39 is 5.82 Å². The summed E-state index contributed by atoms with van der Waals surface area (Å²) in [6.45, 7) is 1.75. The molecule has 2 aromatic rings. The van der Waals surface area contributed by atoms with Crippen molar-refractivity contribution in [1.29, 1.82) is 0 Å². The molecule has 0 saturated heterocycles. The van der Waals surface area contributed by atoms with Crippen molar-refractivity contribution >= 4 is 11.5 Å². The van der Waals surface area contributed by atoms with E-state index in [0.717, 1.165) is 5.56 Å². The summed E-state index contributed by atoms with van der Waals surface area (Å²) < 4.78 is 13.2. The van der Waals surface area contributed by atoms with Gasteiger partial charge in [-0.1, -0.05) is 0 Å². The summed E-state index contributed by atoms with van der Waals surface area (Å²) >= 11 is 0. The minimum absolute atomic E-state index is 0.128. The lowest BCUT2D eigenvalue weighted by Gasteiger charge is -2.05. The highest BCUT2D eigenvalue weighted by atomic mass is 19.1. The molecule has 0 aliphatic rings. The summed E-state index contributed by atoms with van der Waals surface area (Å²) in [5.41, 5.74) is 7.99. The number of carbonyl (C=O) groups is 1. The van der Waals surface area contributed by atoms with Crippen LogP contribution in [0.4, 0.5) is 10.1 Å². The first-order chi connectivity index (χ1) is 8.56. The van der Waals surface area contributed by atoms with Gasteiger partial charge in [0.05, 0.1) is 0 Å². The number of carbonyl (C=O) groups excluding carboxylic acids is 1. The number of ketones is 1. The quantitative estimate of drug-likeness (QED) is 0.844. The fourth-order valence-electron chi connectivity index (χ4n) is 1.76. The molecule has 92 valence electrons. The Labute approximate surface area is 104 Å². The van der Waals surface area contributed by atoms with Gasteiger partial charge in [-0.3, -0.25) is 9.78 Å². The zero-order valence-electron chi connectivity index (χ0n) is 9.98. The van der Waals surface area contributed by atoms with Crippen LogP contribution in [0, 0.1) is 12.7 Å². The number of rotatable bonds is 3. The van der Waals surface area contributed by atoms with E-state index in [0.29, 0.717) is 16.8 Å². The Morgan fingerprint density at radius 2 is 2.17 bits per heavy atom.